The van der Waals surface area contributed by atoms with Crippen LogP contribution in [0.25, 0.3) is 22.9 Å². The Labute approximate surface area is 221 Å². The highest BCUT2D eigenvalue weighted by atomic mass is 19.4. The fraction of sp³-hybridized carbons (Fsp3) is 0.192. The largest absolute Gasteiger partial charge is 0.493 e. The number of nitrogens with one attached hydrogen (secondary N) is 3. The van der Waals surface area contributed by atoms with Crippen LogP contribution in [0.15, 0.2) is 58.4 Å². The summed E-state index contributed by atoms with van der Waals surface area (Å²) < 4.78 is 55.5. The van der Waals surface area contributed by atoms with Gasteiger partial charge in [0, 0.05) is 11.8 Å². The molecule has 204 valence electrons. The van der Waals surface area contributed by atoms with Crippen LogP contribution in [0.1, 0.15) is 29.7 Å². The highest BCUT2D eigenvalue weighted by Gasteiger charge is 2.30. The van der Waals surface area contributed by atoms with Gasteiger partial charge in [0.05, 0.1) is 17.8 Å². The van der Waals surface area contributed by atoms with Crippen molar-refractivity contribution in [3.8, 4) is 17.0 Å². The summed E-state index contributed by atoms with van der Waals surface area (Å²) in [6, 6.07) is 8.67. The first-order chi connectivity index (χ1) is 19.1. The Kier molecular flexibility index (Phi) is 6.08. The van der Waals surface area contributed by atoms with Crippen molar-refractivity contribution < 1.29 is 22.7 Å². The first kappa shape index (κ1) is 25.3. The van der Waals surface area contributed by atoms with Crippen LogP contribution in [0.4, 0.5) is 23.5 Å². The van der Waals surface area contributed by atoms with Crippen molar-refractivity contribution in [1.29, 1.82) is 0 Å². The van der Waals surface area contributed by atoms with Gasteiger partial charge in [-0.1, -0.05) is 18.2 Å². The standard InChI is InChI=1S/C26H20F4N8O2/c27-17-5-4-14(19(10-17)13-2-1-3-16(8-13)26(28,29)30)11-31-23-35-21-15(9-20-22(39)36-25(40)34-20)12-32-38(21)24(37-23)33-18-6-7-18/h1-5,8-10,12,18,39H,6-7,11H2,(H,31,33,37)(H2,34,36,40). The van der Waals surface area contributed by atoms with Gasteiger partial charge in [-0.05, 0) is 59.9 Å². The third-order valence-corrected chi connectivity index (χ3v) is 6.27. The normalized spacial score (nSPS) is 14.8. The lowest BCUT2D eigenvalue weighted by Gasteiger charge is -2.13. The average Bonchev–Trinajstić information content (AvgIpc) is 3.55. The molecule has 0 aliphatic heterocycles. The highest BCUT2D eigenvalue weighted by molar-refractivity contribution is 5.69. The zero-order chi connectivity index (χ0) is 28.0. The van der Waals surface area contributed by atoms with Gasteiger partial charge in [-0.3, -0.25) is 4.98 Å². The van der Waals surface area contributed by atoms with Gasteiger partial charge < -0.3 is 15.4 Å². The van der Waals surface area contributed by atoms with E-state index in [1.807, 2.05) is 0 Å². The quantitative estimate of drug-likeness (QED) is 0.239. The molecule has 0 unspecified atom stereocenters. The number of hydrogen-bond donors (Lipinski definition) is 4. The molecular weight excluding hydrogens is 532 g/mol. The minimum atomic E-state index is -4.55. The number of aromatic amines is 2. The summed E-state index contributed by atoms with van der Waals surface area (Å²) >= 11 is 0. The highest BCUT2D eigenvalue weighted by Crippen LogP contribution is 2.33. The van der Waals surface area contributed by atoms with Crippen LogP contribution in [0.5, 0.6) is 5.88 Å². The Morgan fingerprint density at radius 2 is 1.98 bits per heavy atom. The van der Waals surface area contributed by atoms with Gasteiger partial charge in [-0.2, -0.15) is 32.8 Å². The Balaban J connectivity index is 1.39. The van der Waals surface area contributed by atoms with Crippen molar-refractivity contribution in [1.82, 2.24) is 29.5 Å². The van der Waals surface area contributed by atoms with E-state index in [2.05, 4.69) is 35.3 Å². The molecule has 1 aliphatic carbocycles. The summed E-state index contributed by atoms with van der Waals surface area (Å²) in [4.78, 5) is 29.8. The maximum absolute atomic E-state index is 14.2. The zero-order valence-electron chi connectivity index (χ0n) is 20.5. The topological polar surface area (TPSA) is 136 Å². The third-order valence-electron chi connectivity index (χ3n) is 6.27. The molecular formula is C26H20F4N8O2. The fourth-order valence-electron chi connectivity index (χ4n) is 4.17. The van der Waals surface area contributed by atoms with Crippen LogP contribution in [-0.4, -0.2) is 40.7 Å². The van der Waals surface area contributed by atoms with Crippen molar-refractivity contribution in [2.75, 3.05) is 5.32 Å². The van der Waals surface area contributed by atoms with E-state index in [-0.39, 0.29) is 46.9 Å². The van der Waals surface area contributed by atoms with Gasteiger partial charge >= 0.3 is 11.9 Å². The number of aromatic hydroxyl groups is 1. The van der Waals surface area contributed by atoms with Crippen LogP contribution < -0.4 is 21.8 Å². The lowest BCUT2D eigenvalue weighted by atomic mass is 9.97. The average molecular weight is 552 g/mol. The maximum atomic E-state index is 14.2. The van der Waals surface area contributed by atoms with Gasteiger partial charge in [-0.15, -0.1) is 0 Å². The van der Waals surface area contributed by atoms with Crippen LogP contribution in [0.2, 0.25) is 0 Å². The van der Waals surface area contributed by atoms with Gasteiger partial charge in [0.25, 0.3) is 5.62 Å². The number of H-pyrrole nitrogens is 2. The van der Waals surface area contributed by atoms with Crippen LogP contribution >= 0.6 is 0 Å². The number of fused-ring (bicyclic) bond motifs is 1. The second-order valence-corrected chi connectivity index (χ2v) is 9.26. The van der Waals surface area contributed by atoms with Crippen molar-refractivity contribution in [2.45, 2.75) is 31.6 Å². The van der Waals surface area contributed by atoms with E-state index in [1.165, 1.54) is 47.1 Å². The van der Waals surface area contributed by atoms with Gasteiger partial charge in [0.2, 0.25) is 11.8 Å². The third kappa shape index (κ3) is 5.15. The Morgan fingerprint density at radius 1 is 1.15 bits per heavy atom. The van der Waals surface area contributed by atoms with Crippen molar-refractivity contribution in [3.63, 3.8) is 0 Å². The van der Waals surface area contributed by atoms with Crippen LogP contribution in [-0.2, 0) is 12.7 Å². The SMILES string of the molecule is O=c1[nH]c(O)c(C=c2cnn3c(=NC4CC4)nc(NCc4ccc(F)cc4-c4cccc(C(F)(F)F)c4)nc23)[nH]1. The molecule has 3 aromatic heterocycles. The predicted octanol–water partition coefficient (Wildman–Crippen LogP) is 2.89. The molecule has 0 spiro atoms. The summed E-state index contributed by atoms with van der Waals surface area (Å²) in [5, 5.41) is 17.8. The molecule has 1 fully saturated rings. The summed E-state index contributed by atoms with van der Waals surface area (Å²) in [6.45, 7) is 0.0595. The molecule has 0 radical (unpaired) electrons. The van der Waals surface area contributed by atoms with Crippen molar-refractivity contribution >= 4 is 17.7 Å². The van der Waals surface area contributed by atoms with E-state index in [4.69, 9.17) is 0 Å². The van der Waals surface area contributed by atoms with E-state index in [0.717, 1.165) is 25.0 Å². The van der Waals surface area contributed by atoms with E-state index in [1.54, 1.807) is 0 Å². The first-order valence-electron chi connectivity index (χ1n) is 12.2. The molecule has 1 aliphatic rings. The molecule has 1 saturated carbocycles. The molecule has 6 rings (SSSR count). The lowest BCUT2D eigenvalue weighted by Crippen LogP contribution is -2.24. The lowest BCUT2D eigenvalue weighted by molar-refractivity contribution is -0.137. The number of nitrogens with zero attached hydrogens (tertiary/aromatic N) is 5. The summed E-state index contributed by atoms with van der Waals surface area (Å²) in [5.41, 5.74) is 0.317. The molecule has 4 N–H and O–H groups in total. The first-order valence-corrected chi connectivity index (χ1v) is 12.2. The molecule has 3 heterocycles. The number of hydrogen-bond acceptors (Lipinski definition) is 7. The summed E-state index contributed by atoms with van der Waals surface area (Å²) in [7, 11) is 0. The minimum Gasteiger partial charge on any atom is -0.493 e. The zero-order valence-corrected chi connectivity index (χ0v) is 20.5. The maximum Gasteiger partial charge on any atom is 0.416 e. The Hall–Kier alpha value is -5.01. The number of imidazole rings is 1. The molecule has 14 heteroatoms. The molecule has 2 aromatic carbocycles. The number of aromatic nitrogens is 6. The molecule has 0 saturated heterocycles. The minimum absolute atomic E-state index is 0.0595. The second kappa shape index (κ2) is 9.63. The molecule has 0 bridgehead atoms. The Bertz CT molecular complexity index is 1920. The van der Waals surface area contributed by atoms with Crippen LogP contribution in [0.3, 0.4) is 0 Å². The number of benzene rings is 2. The smallest absolute Gasteiger partial charge is 0.416 e. The number of anilines is 1. The number of rotatable bonds is 6. The monoisotopic (exact) mass is 552 g/mol. The van der Waals surface area contributed by atoms with Gasteiger partial charge in [0.1, 0.15) is 11.5 Å². The van der Waals surface area contributed by atoms with Crippen molar-refractivity contribution in [3.05, 3.63) is 92.6 Å². The van der Waals surface area contributed by atoms with E-state index in [9.17, 15) is 27.5 Å². The van der Waals surface area contributed by atoms with E-state index in [0.29, 0.717) is 16.4 Å². The van der Waals surface area contributed by atoms with Crippen molar-refractivity contribution in [2.24, 2.45) is 4.99 Å². The van der Waals surface area contributed by atoms with Crippen LogP contribution in [0, 0.1) is 5.82 Å². The van der Waals surface area contributed by atoms with E-state index >= 15 is 0 Å². The van der Waals surface area contributed by atoms with E-state index < -0.39 is 23.2 Å². The summed E-state index contributed by atoms with van der Waals surface area (Å²) in [5.74, 6) is -0.795. The predicted molar refractivity (Wildman–Crippen MR) is 135 cm³/mol. The number of alkyl halides is 3. The summed E-state index contributed by atoms with van der Waals surface area (Å²) in [6.07, 6.45) is 0.234. The fourth-order valence-corrected chi connectivity index (χ4v) is 4.17. The molecule has 5 aromatic rings. The molecule has 0 amide bonds. The molecule has 10 nitrogen and oxygen atoms in total. The van der Waals surface area contributed by atoms with Gasteiger partial charge in [-0.25, -0.2) is 14.2 Å². The number of halogens is 4. The Morgan fingerprint density at radius 3 is 2.70 bits per heavy atom. The second-order valence-electron chi connectivity index (χ2n) is 9.26. The molecule has 40 heavy (non-hydrogen) atoms. The van der Waals surface area contributed by atoms with Gasteiger partial charge in [0.15, 0.2) is 5.65 Å². The molecule has 0 atom stereocenters.